The summed E-state index contributed by atoms with van der Waals surface area (Å²) in [4.78, 5) is 24.5. The van der Waals surface area contributed by atoms with Crippen LogP contribution in [0.3, 0.4) is 0 Å². The van der Waals surface area contributed by atoms with Crippen molar-refractivity contribution in [2.45, 2.75) is 6.42 Å². The van der Waals surface area contributed by atoms with Crippen LogP contribution in [0.25, 0.3) is 0 Å². The van der Waals surface area contributed by atoms with E-state index in [0.29, 0.717) is 25.2 Å². The summed E-state index contributed by atoms with van der Waals surface area (Å²) in [5, 5.41) is 9.66. The van der Waals surface area contributed by atoms with Crippen molar-refractivity contribution in [2.75, 3.05) is 18.0 Å². The van der Waals surface area contributed by atoms with Crippen molar-refractivity contribution >= 4 is 17.4 Å². The van der Waals surface area contributed by atoms with Crippen LogP contribution in [-0.4, -0.2) is 29.9 Å². The minimum atomic E-state index is -0.593. The molecule has 0 spiro atoms. The summed E-state index contributed by atoms with van der Waals surface area (Å²) < 4.78 is 0. The highest BCUT2D eigenvalue weighted by Crippen LogP contribution is 2.36. The monoisotopic (exact) mass is 220 g/mol. The largest absolute Gasteiger partial charge is 0.506 e. The second-order valence-corrected chi connectivity index (χ2v) is 3.60. The smallest absolute Gasteiger partial charge is 0.299 e. The number of carbonyl (C=O) groups excluding carboxylic acids is 2. The number of phenols is 1. The van der Waals surface area contributed by atoms with E-state index in [0.717, 1.165) is 0 Å². The van der Waals surface area contributed by atoms with Crippen LogP contribution < -0.4 is 10.6 Å². The molecule has 1 aliphatic rings. The molecule has 2 rings (SSSR count). The lowest BCUT2D eigenvalue weighted by Crippen LogP contribution is -2.31. The first kappa shape index (κ1) is 10.6. The van der Waals surface area contributed by atoms with Gasteiger partial charge in [0.1, 0.15) is 5.75 Å². The zero-order valence-corrected chi connectivity index (χ0v) is 8.64. The number of carbonyl (C=O) groups is 2. The topological polar surface area (TPSA) is 83.6 Å². The van der Waals surface area contributed by atoms with Gasteiger partial charge in [0.05, 0.1) is 11.3 Å². The summed E-state index contributed by atoms with van der Waals surface area (Å²) in [6.45, 7) is 0.784. The van der Waals surface area contributed by atoms with Gasteiger partial charge in [0.25, 0.3) is 11.7 Å². The first-order valence-electron chi connectivity index (χ1n) is 5.05. The molecule has 0 atom stereocenters. The molecule has 0 aliphatic carbocycles. The van der Waals surface area contributed by atoms with Crippen molar-refractivity contribution in [1.82, 2.24) is 0 Å². The quantitative estimate of drug-likeness (QED) is 0.716. The number of para-hydroxylation sites is 1. The molecule has 1 aliphatic heterocycles. The molecule has 1 heterocycles. The van der Waals surface area contributed by atoms with Crippen LogP contribution in [0.2, 0.25) is 0 Å². The van der Waals surface area contributed by atoms with Crippen LogP contribution in [-0.2, 0) is 4.79 Å². The molecule has 1 amide bonds. The molecule has 0 bridgehead atoms. The van der Waals surface area contributed by atoms with E-state index >= 15 is 0 Å². The van der Waals surface area contributed by atoms with Crippen LogP contribution in [0.4, 0.5) is 5.69 Å². The molecule has 1 aromatic rings. The van der Waals surface area contributed by atoms with E-state index in [1.54, 1.807) is 6.07 Å². The van der Waals surface area contributed by atoms with Crippen LogP contribution >= 0.6 is 0 Å². The lowest BCUT2D eigenvalue weighted by molar-refractivity contribution is -0.114. The van der Waals surface area contributed by atoms with Gasteiger partial charge in [-0.25, -0.2) is 0 Å². The van der Waals surface area contributed by atoms with E-state index in [2.05, 4.69) is 0 Å². The Morgan fingerprint density at radius 1 is 1.31 bits per heavy atom. The van der Waals surface area contributed by atoms with Gasteiger partial charge in [-0.15, -0.1) is 0 Å². The van der Waals surface area contributed by atoms with Crippen LogP contribution in [0.5, 0.6) is 5.75 Å². The molecule has 0 radical (unpaired) electrons. The van der Waals surface area contributed by atoms with E-state index in [9.17, 15) is 14.7 Å². The van der Waals surface area contributed by atoms with Gasteiger partial charge in [-0.05, 0) is 25.1 Å². The van der Waals surface area contributed by atoms with Crippen LogP contribution in [0.1, 0.15) is 16.8 Å². The predicted octanol–water partition coefficient (Wildman–Crippen LogP) is 0.270. The molecule has 3 N–H and O–H groups in total. The van der Waals surface area contributed by atoms with Crippen molar-refractivity contribution in [3.63, 3.8) is 0 Å². The Labute approximate surface area is 92.5 Å². The van der Waals surface area contributed by atoms with Crippen LogP contribution in [0, 0.1) is 0 Å². The minimum Gasteiger partial charge on any atom is -0.506 e. The van der Waals surface area contributed by atoms with E-state index in [1.165, 1.54) is 17.0 Å². The van der Waals surface area contributed by atoms with Crippen molar-refractivity contribution < 1.29 is 14.7 Å². The number of aromatic hydroxyl groups is 1. The highest BCUT2D eigenvalue weighted by Gasteiger charge is 2.37. The van der Waals surface area contributed by atoms with E-state index in [4.69, 9.17) is 5.73 Å². The van der Waals surface area contributed by atoms with Gasteiger partial charge in [0.2, 0.25) is 0 Å². The summed E-state index contributed by atoms with van der Waals surface area (Å²) in [5.74, 6) is -1.21. The Kier molecular flexibility index (Phi) is 2.62. The highest BCUT2D eigenvalue weighted by atomic mass is 16.3. The Hall–Kier alpha value is -1.88. The highest BCUT2D eigenvalue weighted by molar-refractivity contribution is 6.52. The lowest BCUT2D eigenvalue weighted by atomic mass is 10.1. The van der Waals surface area contributed by atoms with Crippen molar-refractivity contribution in [2.24, 2.45) is 5.73 Å². The van der Waals surface area contributed by atoms with Gasteiger partial charge in [-0.2, -0.15) is 0 Å². The first-order chi connectivity index (χ1) is 7.66. The van der Waals surface area contributed by atoms with Gasteiger partial charge in [0, 0.05) is 6.54 Å². The van der Waals surface area contributed by atoms with Crippen molar-refractivity contribution in [1.29, 1.82) is 0 Å². The second-order valence-electron chi connectivity index (χ2n) is 3.60. The molecular weight excluding hydrogens is 208 g/mol. The van der Waals surface area contributed by atoms with Crippen molar-refractivity contribution in [3.8, 4) is 5.75 Å². The average Bonchev–Trinajstić information content (AvgIpc) is 2.52. The van der Waals surface area contributed by atoms with Gasteiger partial charge < -0.3 is 15.7 Å². The zero-order valence-electron chi connectivity index (χ0n) is 8.64. The molecule has 16 heavy (non-hydrogen) atoms. The Morgan fingerprint density at radius 3 is 2.75 bits per heavy atom. The maximum atomic E-state index is 11.6. The minimum absolute atomic E-state index is 0.0475. The SMILES string of the molecule is NCCCN1C(=O)C(=O)c2cccc(O)c21. The number of Topliss-reactive ketones (excluding diaryl/α,β-unsaturated/α-hetero) is 1. The number of nitrogens with two attached hydrogens (primary N) is 1. The molecule has 0 aromatic heterocycles. The van der Waals surface area contributed by atoms with E-state index < -0.39 is 11.7 Å². The summed E-state index contributed by atoms with van der Waals surface area (Å²) >= 11 is 0. The zero-order chi connectivity index (χ0) is 11.7. The van der Waals surface area contributed by atoms with E-state index in [-0.39, 0.29) is 11.3 Å². The summed E-state index contributed by atoms with van der Waals surface area (Å²) in [5.41, 5.74) is 5.94. The Morgan fingerprint density at radius 2 is 2.06 bits per heavy atom. The molecule has 0 saturated carbocycles. The van der Waals surface area contributed by atoms with Gasteiger partial charge in [-0.1, -0.05) is 6.07 Å². The molecule has 1 aromatic carbocycles. The van der Waals surface area contributed by atoms with Crippen LogP contribution in [0.15, 0.2) is 18.2 Å². The number of ketones is 1. The number of rotatable bonds is 3. The normalized spacial score (nSPS) is 14.4. The number of nitrogens with zero attached hydrogens (tertiary/aromatic N) is 1. The summed E-state index contributed by atoms with van der Waals surface area (Å²) in [6.07, 6.45) is 0.590. The Balaban J connectivity index is 2.43. The molecule has 0 saturated heterocycles. The number of phenolic OH excluding ortho intramolecular Hbond substituents is 1. The maximum absolute atomic E-state index is 11.6. The maximum Gasteiger partial charge on any atom is 0.299 e. The predicted molar refractivity (Wildman–Crippen MR) is 58.5 cm³/mol. The van der Waals surface area contributed by atoms with E-state index in [1.807, 2.05) is 0 Å². The number of amides is 1. The number of benzene rings is 1. The second kappa shape index (κ2) is 3.94. The fourth-order valence-corrected chi connectivity index (χ4v) is 1.80. The number of hydrogen-bond donors (Lipinski definition) is 2. The standard InChI is InChI=1S/C11H12N2O3/c12-5-2-6-13-9-7(10(15)11(13)16)3-1-4-8(9)14/h1,3-4,14H,2,5-6,12H2. The van der Waals surface area contributed by atoms with Gasteiger partial charge >= 0.3 is 0 Å². The molecular formula is C11H12N2O3. The number of fused-ring (bicyclic) bond motifs is 1. The average molecular weight is 220 g/mol. The lowest BCUT2D eigenvalue weighted by Gasteiger charge is -2.16. The summed E-state index contributed by atoms with van der Waals surface area (Å²) in [7, 11) is 0. The molecule has 5 nitrogen and oxygen atoms in total. The van der Waals surface area contributed by atoms with Gasteiger partial charge in [-0.3, -0.25) is 9.59 Å². The molecule has 0 unspecified atom stereocenters. The number of hydrogen-bond acceptors (Lipinski definition) is 4. The fraction of sp³-hybridized carbons (Fsp3) is 0.273. The van der Waals surface area contributed by atoms with Crippen molar-refractivity contribution in [3.05, 3.63) is 23.8 Å². The summed E-state index contributed by atoms with van der Waals surface area (Å²) in [6, 6.07) is 4.55. The molecule has 5 heteroatoms. The molecule has 84 valence electrons. The molecule has 0 fully saturated rings. The Bertz CT molecular complexity index is 457. The third-order valence-electron chi connectivity index (χ3n) is 2.55. The third kappa shape index (κ3) is 1.45. The third-order valence-corrected chi connectivity index (χ3v) is 2.55. The fourth-order valence-electron chi connectivity index (χ4n) is 1.80. The van der Waals surface area contributed by atoms with Gasteiger partial charge in [0.15, 0.2) is 0 Å². The number of anilines is 1. The first-order valence-corrected chi connectivity index (χ1v) is 5.05.